The van der Waals surface area contributed by atoms with Gasteiger partial charge in [0.2, 0.25) is 17.7 Å². The van der Waals surface area contributed by atoms with E-state index in [9.17, 15) is 28.8 Å². The molecule has 0 bridgehead atoms. The van der Waals surface area contributed by atoms with Crippen LogP contribution in [0.1, 0.15) is 31.2 Å². The molecule has 0 radical (unpaired) electrons. The van der Waals surface area contributed by atoms with Crippen LogP contribution in [0.2, 0.25) is 0 Å². The van der Waals surface area contributed by atoms with E-state index >= 15 is 0 Å². The Morgan fingerprint density at radius 1 is 0.821 bits per heavy atom. The number of hydrogen-bond acceptors (Lipinski definition) is 8. The number of rotatable bonds is 16. The molecule has 15 heteroatoms. The number of nitrogens with two attached hydrogens (primary N) is 1. The van der Waals surface area contributed by atoms with Gasteiger partial charge in [0.05, 0.1) is 6.04 Å². The molecule has 1 aromatic heterocycles. The minimum atomic E-state index is -1.49. The molecule has 4 unspecified atom stereocenters. The van der Waals surface area contributed by atoms with Crippen LogP contribution in [0.25, 0.3) is 10.9 Å². The third-order valence-electron chi connectivity index (χ3n) is 5.81. The Labute approximate surface area is 228 Å². The summed E-state index contributed by atoms with van der Waals surface area (Å²) in [5, 5.41) is 35.0. The lowest BCUT2D eigenvalue weighted by Gasteiger charge is -2.24. The van der Waals surface area contributed by atoms with Gasteiger partial charge in [-0.1, -0.05) is 18.2 Å². The highest BCUT2D eigenvalue weighted by molar-refractivity contribution is 7.80. The number of benzene rings is 1. The Balaban J connectivity index is 2.15. The number of aromatic amines is 1. The van der Waals surface area contributed by atoms with Crippen molar-refractivity contribution >= 4 is 59.2 Å². The second-order valence-corrected chi connectivity index (χ2v) is 9.10. The second kappa shape index (κ2) is 14.7. The fourth-order valence-corrected chi connectivity index (χ4v) is 3.96. The van der Waals surface area contributed by atoms with Gasteiger partial charge in [-0.05, 0) is 30.9 Å². The van der Waals surface area contributed by atoms with Crippen molar-refractivity contribution in [2.24, 2.45) is 5.73 Å². The number of fused-ring (bicyclic) bond motifs is 1. The molecule has 212 valence electrons. The number of thiol groups is 1. The van der Waals surface area contributed by atoms with Gasteiger partial charge in [0, 0.05) is 35.7 Å². The van der Waals surface area contributed by atoms with Crippen molar-refractivity contribution < 1.29 is 44.1 Å². The summed E-state index contributed by atoms with van der Waals surface area (Å²) in [5.41, 5.74) is 7.66. The van der Waals surface area contributed by atoms with Gasteiger partial charge in [-0.2, -0.15) is 12.6 Å². The number of aliphatic carboxylic acids is 3. The van der Waals surface area contributed by atoms with E-state index in [0.717, 1.165) is 16.5 Å². The molecular formula is C24H31N5O9S. The van der Waals surface area contributed by atoms with Gasteiger partial charge in [0.25, 0.3) is 0 Å². The number of amides is 3. The van der Waals surface area contributed by atoms with Gasteiger partial charge < -0.3 is 42.0 Å². The number of hydrogen-bond donors (Lipinski definition) is 9. The van der Waals surface area contributed by atoms with Gasteiger partial charge in [-0.25, -0.2) is 4.79 Å². The zero-order valence-corrected chi connectivity index (χ0v) is 21.6. The lowest BCUT2D eigenvalue weighted by Crippen LogP contribution is -2.57. The largest absolute Gasteiger partial charge is 0.481 e. The number of carboxylic acid groups (broad SMARTS) is 3. The van der Waals surface area contributed by atoms with Gasteiger partial charge >= 0.3 is 17.9 Å². The Hall–Kier alpha value is -4.11. The minimum Gasteiger partial charge on any atom is -0.481 e. The first-order chi connectivity index (χ1) is 18.4. The van der Waals surface area contributed by atoms with Crippen molar-refractivity contribution in [3.05, 3.63) is 36.0 Å². The zero-order valence-electron chi connectivity index (χ0n) is 20.8. The predicted molar refractivity (Wildman–Crippen MR) is 141 cm³/mol. The summed E-state index contributed by atoms with van der Waals surface area (Å²) in [6.45, 7) is 0. The van der Waals surface area contributed by atoms with E-state index in [2.05, 4.69) is 33.6 Å². The summed E-state index contributed by atoms with van der Waals surface area (Å²) in [6, 6.07) is 1.93. The topological polar surface area (TPSA) is 241 Å². The first kappa shape index (κ1) is 31.1. The number of H-pyrrole nitrogens is 1. The Morgan fingerprint density at radius 3 is 1.85 bits per heavy atom. The standard InChI is InChI=1S/C24H31N5O9S/c25-14(9-12-10-26-15-4-2-1-3-13(12)15)21(34)27-16(5-7-19(30)31)22(35)28-17(6-8-20(32)33)23(36)29-18(11-39)24(37)38/h1-4,10,14,16-18,26,39H,5-9,11,25H2,(H,27,34)(H,28,35)(H,29,36)(H,30,31)(H,32,33)(H,37,38). The average molecular weight is 566 g/mol. The van der Waals surface area contributed by atoms with Crippen LogP contribution < -0.4 is 21.7 Å². The molecule has 0 fully saturated rings. The van der Waals surface area contributed by atoms with Crippen molar-refractivity contribution in [2.75, 3.05) is 5.75 Å². The fraction of sp³-hybridized carbons (Fsp3) is 0.417. The van der Waals surface area contributed by atoms with Crippen LogP contribution in [0.5, 0.6) is 0 Å². The van der Waals surface area contributed by atoms with Gasteiger partial charge in [0.15, 0.2) is 0 Å². The molecule has 1 heterocycles. The van der Waals surface area contributed by atoms with Gasteiger partial charge in [-0.15, -0.1) is 0 Å². The smallest absolute Gasteiger partial charge is 0.327 e. The van der Waals surface area contributed by atoms with E-state index in [1.807, 2.05) is 24.3 Å². The molecule has 4 atom stereocenters. The maximum atomic E-state index is 13.0. The lowest BCUT2D eigenvalue weighted by atomic mass is 10.0. The molecule has 0 saturated heterocycles. The van der Waals surface area contributed by atoms with E-state index in [1.165, 1.54) is 0 Å². The molecule has 0 aliphatic rings. The van der Waals surface area contributed by atoms with Crippen LogP contribution >= 0.6 is 12.6 Å². The SMILES string of the molecule is NC(Cc1c[nH]c2ccccc12)C(=O)NC(CCC(=O)O)C(=O)NC(CCC(=O)O)C(=O)NC(CS)C(=O)O. The number of nitrogens with one attached hydrogen (secondary N) is 4. The summed E-state index contributed by atoms with van der Waals surface area (Å²) < 4.78 is 0. The number of carboxylic acids is 3. The molecule has 0 spiro atoms. The van der Waals surface area contributed by atoms with Crippen molar-refractivity contribution in [1.82, 2.24) is 20.9 Å². The van der Waals surface area contributed by atoms with Crippen LogP contribution in [-0.4, -0.2) is 85.9 Å². The molecular weight excluding hydrogens is 534 g/mol. The summed E-state index contributed by atoms with van der Waals surface area (Å²) in [7, 11) is 0. The van der Waals surface area contributed by atoms with E-state index in [1.54, 1.807) is 6.20 Å². The van der Waals surface area contributed by atoms with Crippen LogP contribution in [0.15, 0.2) is 30.5 Å². The second-order valence-electron chi connectivity index (χ2n) is 8.74. The van der Waals surface area contributed by atoms with Crippen molar-refractivity contribution in [1.29, 1.82) is 0 Å². The van der Waals surface area contributed by atoms with Gasteiger partial charge in [0.1, 0.15) is 18.1 Å². The van der Waals surface area contributed by atoms with Crippen molar-refractivity contribution in [3.8, 4) is 0 Å². The zero-order chi connectivity index (χ0) is 29.1. The molecule has 14 nitrogen and oxygen atoms in total. The Morgan fingerprint density at radius 2 is 1.33 bits per heavy atom. The number of para-hydroxylation sites is 1. The molecule has 2 rings (SSSR count). The van der Waals surface area contributed by atoms with E-state index in [0.29, 0.717) is 0 Å². The molecule has 2 aromatic rings. The molecule has 3 amide bonds. The minimum absolute atomic E-state index is 0.104. The first-order valence-electron chi connectivity index (χ1n) is 11.9. The highest BCUT2D eigenvalue weighted by Gasteiger charge is 2.30. The first-order valence-corrected chi connectivity index (χ1v) is 12.5. The summed E-state index contributed by atoms with van der Waals surface area (Å²) in [4.78, 5) is 75.0. The maximum absolute atomic E-state index is 13.0. The van der Waals surface area contributed by atoms with Crippen LogP contribution in [0.4, 0.5) is 0 Å². The highest BCUT2D eigenvalue weighted by atomic mass is 32.1. The number of aromatic nitrogens is 1. The molecule has 9 N–H and O–H groups in total. The number of carbonyl (C=O) groups excluding carboxylic acids is 3. The van der Waals surface area contributed by atoms with E-state index in [-0.39, 0.29) is 18.6 Å². The predicted octanol–water partition coefficient (Wildman–Crippen LogP) is -0.764. The molecule has 39 heavy (non-hydrogen) atoms. The quantitative estimate of drug-likeness (QED) is 0.115. The molecule has 0 saturated carbocycles. The monoisotopic (exact) mass is 565 g/mol. The third-order valence-corrected chi connectivity index (χ3v) is 6.17. The summed E-state index contributed by atoms with van der Waals surface area (Å²) in [5.74, 6) is -6.88. The van der Waals surface area contributed by atoms with Crippen molar-refractivity contribution in [2.45, 2.75) is 56.3 Å². The summed E-state index contributed by atoms with van der Waals surface area (Å²) >= 11 is 3.85. The molecule has 0 aliphatic heterocycles. The van der Waals surface area contributed by atoms with Gasteiger partial charge in [-0.3, -0.25) is 24.0 Å². The average Bonchev–Trinajstić information content (AvgIpc) is 3.29. The highest BCUT2D eigenvalue weighted by Crippen LogP contribution is 2.19. The van der Waals surface area contributed by atoms with Crippen molar-refractivity contribution in [3.63, 3.8) is 0 Å². The summed E-state index contributed by atoms with van der Waals surface area (Å²) in [6.07, 6.45) is 0.00162. The van der Waals surface area contributed by atoms with E-state index in [4.69, 9.17) is 21.1 Å². The van der Waals surface area contributed by atoms with Crippen LogP contribution in [0, 0.1) is 0 Å². The molecule has 1 aromatic carbocycles. The number of carbonyl (C=O) groups is 6. The van der Waals surface area contributed by atoms with Crippen LogP contribution in [-0.2, 0) is 35.2 Å². The maximum Gasteiger partial charge on any atom is 0.327 e. The lowest BCUT2D eigenvalue weighted by molar-refractivity contribution is -0.142. The van der Waals surface area contributed by atoms with E-state index < -0.39 is 79.1 Å². The Kier molecular flexibility index (Phi) is 11.7. The normalized spacial score (nSPS) is 14.0. The third kappa shape index (κ3) is 9.61. The Bertz CT molecular complexity index is 1220. The fourth-order valence-electron chi connectivity index (χ4n) is 3.71. The molecule has 0 aliphatic carbocycles. The van der Waals surface area contributed by atoms with Crippen LogP contribution in [0.3, 0.4) is 0 Å².